The van der Waals surface area contributed by atoms with Crippen LogP contribution in [-0.4, -0.2) is 37.5 Å². The van der Waals surface area contributed by atoms with Gasteiger partial charge in [-0.2, -0.15) is 0 Å². The lowest BCUT2D eigenvalue weighted by molar-refractivity contribution is -0.136. The molecule has 1 rings (SSSR count). The average molecular weight is 170 g/mol. The molecule has 0 radical (unpaired) electrons. The molecule has 0 saturated carbocycles. The van der Waals surface area contributed by atoms with E-state index in [2.05, 4.69) is 12.2 Å². The monoisotopic (exact) mass is 170 g/mol. The van der Waals surface area contributed by atoms with Gasteiger partial charge in [0.1, 0.15) is 0 Å². The first-order valence-electron chi connectivity index (χ1n) is 4.55. The van der Waals surface area contributed by atoms with Crippen molar-refractivity contribution in [2.24, 2.45) is 11.8 Å². The Bertz CT molecular complexity index is 164. The van der Waals surface area contributed by atoms with Crippen molar-refractivity contribution in [3.05, 3.63) is 0 Å². The van der Waals surface area contributed by atoms with Crippen molar-refractivity contribution in [3.63, 3.8) is 0 Å². The first kappa shape index (κ1) is 9.52. The summed E-state index contributed by atoms with van der Waals surface area (Å²) in [5, 5.41) is 3.16. The zero-order valence-electron chi connectivity index (χ0n) is 8.13. The predicted molar refractivity (Wildman–Crippen MR) is 48.8 cm³/mol. The van der Waals surface area contributed by atoms with Crippen molar-refractivity contribution >= 4 is 5.91 Å². The Hall–Kier alpha value is -0.570. The van der Waals surface area contributed by atoms with Crippen LogP contribution in [0.2, 0.25) is 0 Å². The molecule has 0 aliphatic carbocycles. The minimum Gasteiger partial charge on any atom is -0.342 e. The molecule has 70 valence electrons. The number of hydrogen-bond acceptors (Lipinski definition) is 2. The predicted octanol–water partition coefficient (Wildman–Crippen LogP) is 0.320. The van der Waals surface area contributed by atoms with Gasteiger partial charge >= 0.3 is 0 Å². The molecule has 0 spiro atoms. The molecule has 1 fully saturated rings. The lowest BCUT2D eigenvalue weighted by atomic mass is 9.87. The normalized spacial score (nSPS) is 20.4. The summed E-state index contributed by atoms with van der Waals surface area (Å²) in [6.07, 6.45) is 0. The number of carbonyl (C=O) groups is 1. The van der Waals surface area contributed by atoms with Gasteiger partial charge < -0.3 is 10.2 Å². The van der Waals surface area contributed by atoms with E-state index in [9.17, 15) is 4.79 Å². The fourth-order valence-electron chi connectivity index (χ4n) is 1.62. The molecular formula is C9H18N2O. The topological polar surface area (TPSA) is 32.3 Å². The molecule has 0 aromatic heterocycles. The summed E-state index contributed by atoms with van der Waals surface area (Å²) >= 11 is 0. The minimum atomic E-state index is 0.211. The Labute approximate surface area is 74.1 Å². The maximum Gasteiger partial charge on any atom is 0.219 e. The smallest absolute Gasteiger partial charge is 0.219 e. The fourth-order valence-corrected chi connectivity index (χ4v) is 1.62. The van der Waals surface area contributed by atoms with Crippen LogP contribution in [0.4, 0.5) is 0 Å². The largest absolute Gasteiger partial charge is 0.342 e. The molecule has 1 aliphatic rings. The molecular weight excluding hydrogens is 152 g/mol. The van der Waals surface area contributed by atoms with Gasteiger partial charge in [0.15, 0.2) is 0 Å². The minimum absolute atomic E-state index is 0.211. The molecule has 1 saturated heterocycles. The highest BCUT2D eigenvalue weighted by molar-refractivity contribution is 5.74. The highest BCUT2D eigenvalue weighted by atomic mass is 16.2. The van der Waals surface area contributed by atoms with Crippen LogP contribution < -0.4 is 5.32 Å². The average Bonchev–Trinajstić information content (AvgIpc) is 1.82. The van der Waals surface area contributed by atoms with Gasteiger partial charge in [-0.15, -0.1) is 0 Å². The number of nitrogens with one attached hydrogen (secondary N) is 1. The maximum atomic E-state index is 10.9. The van der Waals surface area contributed by atoms with Gasteiger partial charge in [-0.25, -0.2) is 0 Å². The molecule has 0 aromatic rings. The van der Waals surface area contributed by atoms with Crippen LogP contribution in [0, 0.1) is 11.8 Å². The number of likely N-dealkylation sites (tertiary alicyclic amines) is 1. The van der Waals surface area contributed by atoms with Crippen molar-refractivity contribution in [2.75, 3.05) is 26.7 Å². The van der Waals surface area contributed by atoms with E-state index in [1.165, 1.54) is 0 Å². The highest BCUT2D eigenvalue weighted by Crippen LogP contribution is 2.22. The molecule has 0 bridgehead atoms. The van der Waals surface area contributed by atoms with Crippen molar-refractivity contribution in [1.82, 2.24) is 10.2 Å². The van der Waals surface area contributed by atoms with Crippen LogP contribution in [0.1, 0.15) is 13.8 Å². The Morgan fingerprint density at radius 2 is 2.25 bits per heavy atom. The molecule has 1 aliphatic heterocycles. The first-order chi connectivity index (χ1) is 5.65. The van der Waals surface area contributed by atoms with Crippen molar-refractivity contribution in [3.8, 4) is 0 Å². The molecule has 1 heterocycles. The summed E-state index contributed by atoms with van der Waals surface area (Å²) in [6, 6.07) is 0. The van der Waals surface area contributed by atoms with E-state index < -0.39 is 0 Å². The van der Waals surface area contributed by atoms with Crippen LogP contribution in [0.15, 0.2) is 0 Å². The van der Waals surface area contributed by atoms with Gasteiger partial charge in [-0.3, -0.25) is 4.79 Å². The van der Waals surface area contributed by atoms with Crippen LogP contribution >= 0.6 is 0 Å². The molecule has 3 nitrogen and oxygen atoms in total. The van der Waals surface area contributed by atoms with Gasteiger partial charge in [0.05, 0.1) is 0 Å². The number of carbonyl (C=O) groups excluding carboxylic acids is 1. The van der Waals surface area contributed by atoms with E-state index in [4.69, 9.17) is 0 Å². The van der Waals surface area contributed by atoms with E-state index in [1.54, 1.807) is 6.92 Å². The van der Waals surface area contributed by atoms with Crippen molar-refractivity contribution in [2.45, 2.75) is 13.8 Å². The van der Waals surface area contributed by atoms with Crippen LogP contribution in [0.5, 0.6) is 0 Å². The van der Waals surface area contributed by atoms with E-state index in [-0.39, 0.29) is 5.91 Å². The van der Waals surface area contributed by atoms with E-state index in [1.807, 2.05) is 11.9 Å². The highest BCUT2D eigenvalue weighted by Gasteiger charge is 2.31. The third-order valence-electron chi connectivity index (χ3n) is 2.69. The van der Waals surface area contributed by atoms with Crippen molar-refractivity contribution < 1.29 is 4.79 Å². The standard InChI is InChI=1S/C9H18N2O/c1-7(4-10-3)9-5-11(6-9)8(2)12/h7,9-10H,4-6H2,1-3H3. The zero-order chi connectivity index (χ0) is 9.14. The summed E-state index contributed by atoms with van der Waals surface area (Å²) in [5.41, 5.74) is 0. The van der Waals surface area contributed by atoms with Crippen molar-refractivity contribution in [1.29, 1.82) is 0 Å². The Morgan fingerprint density at radius 1 is 1.67 bits per heavy atom. The van der Waals surface area contributed by atoms with Gasteiger partial charge in [-0.05, 0) is 25.4 Å². The number of amides is 1. The second kappa shape index (κ2) is 3.90. The van der Waals surface area contributed by atoms with E-state index >= 15 is 0 Å². The van der Waals surface area contributed by atoms with Gasteiger partial charge in [0, 0.05) is 20.0 Å². The van der Waals surface area contributed by atoms with Crippen LogP contribution in [0.3, 0.4) is 0 Å². The number of hydrogen-bond donors (Lipinski definition) is 1. The second-order valence-electron chi connectivity index (χ2n) is 3.72. The van der Waals surface area contributed by atoms with Crippen LogP contribution in [0.25, 0.3) is 0 Å². The summed E-state index contributed by atoms with van der Waals surface area (Å²) in [5.74, 6) is 1.61. The van der Waals surface area contributed by atoms with E-state index in [0.717, 1.165) is 19.6 Å². The SMILES string of the molecule is CNCC(C)C1CN(C(C)=O)C1. The number of rotatable bonds is 3. The quantitative estimate of drug-likeness (QED) is 0.661. The van der Waals surface area contributed by atoms with Crippen LogP contribution in [-0.2, 0) is 4.79 Å². The Balaban J connectivity index is 2.20. The molecule has 1 amide bonds. The fraction of sp³-hybridized carbons (Fsp3) is 0.889. The third-order valence-corrected chi connectivity index (χ3v) is 2.69. The lowest BCUT2D eigenvalue weighted by Gasteiger charge is -2.42. The van der Waals surface area contributed by atoms with Gasteiger partial charge in [0.2, 0.25) is 5.91 Å². The Morgan fingerprint density at radius 3 is 2.67 bits per heavy atom. The zero-order valence-corrected chi connectivity index (χ0v) is 8.13. The summed E-state index contributed by atoms with van der Waals surface area (Å²) < 4.78 is 0. The lowest BCUT2D eigenvalue weighted by Crippen LogP contribution is -2.52. The van der Waals surface area contributed by atoms with E-state index in [0.29, 0.717) is 11.8 Å². The summed E-state index contributed by atoms with van der Waals surface area (Å²) in [4.78, 5) is 12.8. The first-order valence-corrected chi connectivity index (χ1v) is 4.55. The van der Waals surface area contributed by atoms with Gasteiger partial charge in [0.25, 0.3) is 0 Å². The molecule has 1 unspecified atom stereocenters. The molecule has 1 N–H and O–H groups in total. The van der Waals surface area contributed by atoms with Gasteiger partial charge in [-0.1, -0.05) is 6.92 Å². The molecule has 3 heteroatoms. The molecule has 12 heavy (non-hydrogen) atoms. The summed E-state index contributed by atoms with van der Waals surface area (Å²) in [6.45, 7) is 6.84. The second-order valence-corrected chi connectivity index (χ2v) is 3.72. The number of nitrogens with zero attached hydrogens (tertiary/aromatic N) is 1. The Kier molecular flexibility index (Phi) is 3.09. The molecule has 1 atom stereocenters. The maximum absolute atomic E-state index is 10.9. The molecule has 0 aromatic carbocycles. The summed E-state index contributed by atoms with van der Waals surface area (Å²) in [7, 11) is 1.97. The third kappa shape index (κ3) is 1.97.